The summed E-state index contributed by atoms with van der Waals surface area (Å²) in [7, 11) is -3.64. The van der Waals surface area contributed by atoms with E-state index in [-0.39, 0.29) is 28.6 Å². The fourth-order valence-electron chi connectivity index (χ4n) is 1.39. The molecule has 0 heterocycles. The largest absolute Gasteiger partial charge is 0.389 e. The molecule has 19 heavy (non-hydrogen) atoms. The van der Waals surface area contributed by atoms with Crippen molar-refractivity contribution in [2.24, 2.45) is 5.73 Å². The Morgan fingerprint density at radius 2 is 2.21 bits per heavy atom. The van der Waals surface area contributed by atoms with E-state index >= 15 is 0 Å². The molecule has 0 saturated carbocycles. The second-order valence-electron chi connectivity index (χ2n) is 3.64. The zero-order valence-electron chi connectivity index (χ0n) is 10.3. The molecule has 0 unspecified atom stereocenters. The third-order valence-electron chi connectivity index (χ3n) is 2.23. The Morgan fingerprint density at radius 1 is 1.53 bits per heavy atom. The average Bonchev–Trinajstić information content (AvgIpc) is 2.27. The van der Waals surface area contributed by atoms with E-state index in [4.69, 9.17) is 22.7 Å². The van der Waals surface area contributed by atoms with Gasteiger partial charge in [0.1, 0.15) is 10.8 Å². The third-order valence-corrected chi connectivity index (χ3v) is 3.67. The van der Waals surface area contributed by atoms with Crippen LogP contribution < -0.4 is 10.5 Å². The molecule has 0 aliphatic rings. The second-order valence-corrected chi connectivity index (χ2v) is 5.93. The SMILES string of the molecule is CCOCCS(=O)(=O)Nc1cccc(F)c1C(N)=S. The van der Waals surface area contributed by atoms with Gasteiger partial charge in [-0.1, -0.05) is 18.3 Å². The summed E-state index contributed by atoms with van der Waals surface area (Å²) >= 11 is 4.71. The van der Waals surface area contributed by atoms with Crippen LogP contribution in [0.15, 0.2) is 18.2 Å². The number of sulfonamides is 1. The number of anilines is 1. The molecule has 5 nitrogen and oxygen atoms in total. The van der Waals surface area contributed by atoms with E-state index in [1.165, 1.54) is 12.1 Å². The van der Waals surface area contributed by atoms with Gasteiger partial charge in [0.05, 0.1) is 23.6 Å². The Kier molecular flexibility index (Phi) is 5.64. The van der Waals surface area contributed by atoms with Crippen LogP contribution in [0.25, 0.3) is 0 Å². The van der Waals surface area contributed by atoms with Gasteiger partial charge in [0.25, 0.3) is 0 Å². The molecule has 1 aromatic carbocycles. The number of rotatable bonds is 7. The van der Waals surface area contributed by atoms with Gasteiger partial charge in [-0.05, 0) is 19.1 Å². The molecular formula is C11H15FN2O3S2. The van der Waals surface area contributed by atoms with Crippen LogP contribution in [0.4, 0.5) is 10.1 Å². The van der Waals surface area contributed by atoms with Crippen molar-refractivity contribution in [2.75, 3.05) is 23.7 Å². The van der Waals surface area contributed by atoms with E-state index in [0.29, 0.717) is 6.61 Å². The summed E-state index contributed by atoms with van der Waals surface area (Å²) in [6.07, 6.45) is 0. The Bertz CT molecular complexity index is 561. The normalized spacial score (nSPS) is 11.3. The first-order valence-electron chi connectivity index (χ1n) is 5.54. The molecule has 0 aliphatic heterocycles. The van der Waals surface area contributed by atoms with Gasteiger partial charge in [-0.2, -0.15) is 0 Å². The van der Waals surface area contributed by atoms with Crippen molar-refractivity contribution >= 4 is 32.9 Å². The highest BCUT2D eigenvalue weighted by Crippen LogP contribution is 2.20. The van der Waals surface area contributed by atoms with Crippen molar-refractivity contribution in [3.05, 3.63) is 29.6 Å². The summed E-state index contributed by atoms with van der Waals surface area (Å²) in [5.74, 6) is -0.897. The highest BCUT2D eigenvalue weighted by Gasteiger charge is 2.16. The molecule has 0 fully saturated rings. The first-order valence-corrected chi connectivity index (χ1v) is 7.60. The van der Waals surface area contributed by atoms with Gasteiger partial charge in [-0.3, -0.25) is 4.72 Å². The summed E-state index contributed by atoms with van der Waals surface area (Å²) in [5.41, 5.74) is 5.31. The first-order chi connectivity index (χ1) is 8.87. The monoisotopic (exact) mass is 306 g/mol. The lowest BCUT2D eigenvalue weighted by molar-refractivity contribution is 0.163. The van der Waals surface area contributed by atoms with E-state index in [0.717, 1.165) is 6.07 Å². The third kappa shape index (κ3) is 4.73. The highest BCUT2D eigenvalue weighted by atomic mass is 32.2. The smallest absolute Gasteiger partial charge is 0.235 e. The number of hydrogen-bond acceptors (Lipinski definition) is 4. The Hall–Kier alpha value is -1.25. The lowest BCUT2D eigenvalue weighted by Gasteiger charge is -2.12. The molecule has 106 valence electrons. The van der Waals surface area contributed by atoms with Gasteiger partial charge in [0.15, 0.2) is 0 Å². The van der Waals surface area contributed by atoms with Crippen molar-refractivity contribution in [1.29, 1.82) is 0 Å². The standard InChI is InChI=1S/C11H15FN2O3S2/c1-2-17-6-7-19(15,16)14-9-5-3-4-8(12)10(9)11(13)18/h3-5,14H,2,6-7H2,1H3,(H2,13,18). The summed E-state index contributed by atoms with van der Waals surface area (Å²) in [4.78, 5) is -0.208. The topological polar surface area (TPSA) is 81.4 Å². The molecule has 0 saturated heterocycles. The second kappa shape index (κ2) is 6.78. The van der Waals surface area contributed by atoms with Crippen LogP contribution in [-0.2, 0) is 14.8 Å². The maximum Gasteiger partial charge on any atom is 0.235 e. The maximum atomic E-state index is 13.6. The minimum Gasteiger partial charge on any atom is -0.389 e. The number of thiocarbonyl (C=S) groups is 1. The van der Waals surface area contributed by atoms with E-state index in [1.807, 2.05) is 0 Å². The van der Waals surface area contributed by atoms with Gasteiger partial charge in [-0.15, -0.1) is 0 Å². The van der Waals surface area contributed by atoms with Gasteiger partial charge in [0.2, 0.25) is 10.0 Å². The molecule has 3 N–H and O–H groups in total. The maximum absolute atomic E-state index is 13.6. The predicted molar refractivity (Wildman–Crippen MR) is 76.2 cm³/mol. The Morgan fingerprint density at radius 3 is 2.79 bits per heavy atom. The first kappa shape index (κ1) is 15.8. The molecule has 8 heteroatoms. The number of nitrogens with two attached hydrogens (primary N) is 1. The van der Waals surface area contributed by atoms with E-state index in [1.54, 1.807) is 6.92 Å². The number of benzene rings is 1. The molecule has 0 amide bonds. The molecule has 0 spiro atoms. The van der Waals surface area contributed by atoms with Crippen LogP contribution in [0, 0.1) is 5.82 Å². The predicted octanol–water partition coefficient (Wildman–Crippen LogP) is 1.24. The molecule has 1 rings (SSSR count). The summed E-state index contributed by atoms with van der Waals surface area (Å²) in [6.45, 7) is 2.24. The molecule has 0 atom stereocenters. The summed E-state index contributed by atoms with van der Waals surface area (Å²) in [5, 5.41) is 0. The number of halogens is 1. The van der Waals surface area contributed by atoms with Crippen molar-refractivity contribution in [3.8, 4) is 0 Å². The number of hydrogen-bond donors (Lipinski definition) is 2. The molecule has 0 radical (unpaired) electrons. The fourth-order valence-corrected chi connectivity index (χ4v) is 2.54. The Labute approximate surface area is 117 Å². The lowest BCUT2D eigenvalue weighted by Crippen LogP contribution is -2.23. The molecule has 0 aliphatic carbocycles. The summed E-state index contributed by atoms with van der Waals surface area (Å²) in [6, 6.07) is 3.93. The van der Waals surface area contributed by atoms with Crippen molar-refractivity contribution < 1.29 is 17.5 Å². The van der Waals surface area contributed by atoms with Crippen LogP contribution >= 0.6 is 12.2 Å². The van der Waals surface area contributed by atoms with Gasteiger partial charge in [0, 0.05) is 6.61 Å². The minimum absolute atomic E-state index is 0.0315. The van der Waals surface area contributed by atoms with Crippen LogP contribution in [0.5, 0.6) is 0 Å². The number of nitrogens with one attached hydrogen (secondary N) is 1. The quantitative estimate of drug-likeness (QED) is 0.585. The van der Waals surface area contributed by atoms with Crippen molar-refractivity contribution in [2.45, 2.75) is 6.92 Å². The van der Waals surface area contributed by atoms with Crippen molar-refractivity contribution in [1.82, 2.24) is 0 Å². The lowest BCUT2D eigenvalue weighted by atomic mass is 10.2. The molecule has 0 aromatic heterocycles. The van der Waals surface area contributed by atoms with Crippen LogP contribution in [0.2, 0.25) is 0 Å². The van der Waals surface area contributed by atoms with Crippen molar-refractivity contribution in [3.63, 3.8) is 0 Å². The van der Waals surface area contributed by atoms with Gasteiger partial charge in [-0.25, -0.2) is 12.8 Å². The Balaban J connectivity index is 2.93. The number of ether oxygens (including phenoxy) is 1. The van der Waals surface area contributed by atoms with E-state index < -0.39 is 15.8 Å². The van der Waals surface area contributed by atoms with Crippen LogP contribution in [0.3, 0.4) is 0 Å². The van der Waals surface area contributed by atoms with Gasteiger partial charge >= 0.3 is 0 Å². The zero-order valence-corrected chi connectivity index (χ0v) is 12.0. The molecular weight excluding hydrogens is 291 g/mol. The molecule has 0 bridgehead atoms. The van der Waals surface area contributed by atoms with Gasteiger partial charge < -0.3 is 10.5 Å². The average molecular weight is 306 g/mol. The van der Waals surface area contributed by atoms with E-state index in [9.17, 15) is 12.8 Å². The summed E-state index contributed by atoms with van der Waals surface area (Å²) < 4.78 is 44.3. The molecule has 1 aromatic rings. The highest BCUT2D eigenvalue weighted by molar-refractivity contribution is 7.92. The minimum atomic E-state index is -3.64. The van der Waals surface area contributed by atoms with Crippen LogP contribution in [-0.4, -0.2) is 32.4 Å². The zero-order chi connectivity index (χ0) is 14.5. The van der Waals surface area contributed by atoms with E-state index in [2.05, 4.69) is 4.72 Å². The van der Waals surface area contributed by atoms with Crippen LogP contribution in [0.1, 0.15) is 12.5 Å². The fraction of sp³-hybridized carbons (Fsp3) is 0.364.